The van der Waals surface area contributed by atoms with E-state index in [1.807, 2.05) is 6.07 Å². The second-order valence-electron chi connectivity index (χ2n) is 12.8. The molecule has 11 heteroatoms. The number of likely N-dealkylation sites (tertiary alicyclic amines) is 1. The van der Waals surface area contributed by atoms with Gasteiger partial charge in [-0.2, -0.15) is 9.97 Å². The van der Waals surface area contributed by atoms with Crippen LogP contribution in [0.3, 0.4) is 0 Å². The normalized spacial score (nSPS) is 19.3. The number of anilines is 2. The first kappa shape index (κ1) is 32.0. The maximum atomic E-state index is 17.4. The molecular weight excluding hydrogens is 588 g/mol. The summed E-state index contributed by atoms with van der Waals surface area (Å²) in [4.78, 5) is 33.0. The van der Waals surface area contributed by atoms with Crippen molar-refractivity contribution >= 4 is 39.2 Å². The molecule has 9 nitrogen and oxygen atoms in total. The summed E-state index contributed by atoms with van der Waals surface area (Å²) in [6.07, 6.45) is 4.41. The molecule has 244 valence electrons. The van der Waals surface area contributed by atoms with Crippen LogP contribution in [-0.4, -0.2) is 89.6 Å². The first-order chi connectivity index (χ1) is 22.2. The van der Waals surface area contributed by atoms with Crippen LogP contribution in [0.2, 0.25) is 0 Å². The first-order valence-electron chi connectivity index (χ1n) is 16.3. The van der Waals surface area contributed by atoms with Crippen LogP contribution in [0.25, 0.3) is 32.9 Å². The summed E-state index contributed by atoms with van der Waals surface area (Å²) in [6, 6.07) is 9.33. The number of halogens is 2. The van der Waals surface area contributed by atoms with Gasteiger partial charge in [-0.3, -0.25) is 4.79 Å². The van der Waals surface area contributed by atoms with Gasteiger partial charge in [0.15, 0.2) is 17.5 Å². The topological polar surface area (TPSA) is 86.7 Å². The Kier molecular flexibility index (Phi) is 9.33. The Labute approximate surface area is 269 Å². The molecule has 0 spiro atoms. The van der Waals surface area contributed by atoms with E-state index in [2.05, 4.69) is 52.9 Å². The molecule has 2 aromatic carbocycles. The molecule has 2 fully saturated rings. The lowest BCUT2D eigenvalue weighted by Crippen LogP contribution is -2.51. The summed E-state index contributed by atoms with van der Waals surface area (Å²) in [5.74, 6) is -1.27. The number of nitrogens with zero attached hydrogens (tertiary/aromatic N) is 6. The van der Waals surface area contributed by atoms with Crippen molar-refractivity contribution in [1.29, 1.82) is 0 Å². The molecule has 4 aromatic rings. The molecule has 2 aromatic heterocycles. The minimum Gasteiger partial charge on any atom is -0.462 e. The average molecular weight is 632 g/mol. The zero-order chi connectivity index (χ0) is 32.5. The van der Waals surface area contributed by atoms with Gasteiger partial charge in [0.2, 0.25) is 5.91 Å². The van der Waals surface area contributed by atoms with Gasteiger partial charge < -0.3 is 24.8 Å². The van der Waals surface area contributed by atoms with E-state index < -0.39 is 17.5 Å². The maximum Gasteiger partial charge on any atom is 0.319 e. The second kappa shape index (κ2) is 13.4. The van der Waals surface area contributed by atoms with E-state index in [1.54, 1.807) is 24.3 Å². The summed E-state index contributed by atoms with van der Waals surface area (Å²) >= 11 is 0. The van der Waals surface area contributed by atoms with Crippen molar-refractivity contribution in [1.82, 2.24) is 24.8 Å². The number of fused-ring (bicyclic) bond motifs is 2. The molecule has 0 radical (unpaired) electrons. The number of aromatic nitrogens is 3. The smallest absolute Gasteiger partial charge is 0.319 e. The summed E-state index contributed by atoms with van der Waals surface area (Å²) < 4.78 is 39.2. The minimum atomic E-state index is -0.660. The van der Waals surface area contributed by atoms with Crippen molar-refractivity contribution in [2.45, 2.75) is 65.0 Å². The van der Waals surface area contributed by atoms with Gasteiger partial charge in [0.1, 0.15) is 17.9 Å². The van der Waals surface area contributed by atoms with Crippen molar-refractivity contribution in [2.75, 3.05) is 57.1 Å². The Hall–Kier alpha value is -3.96. The number of amides is 1. The average Bonchev–Trinajstić information content (AvgIpc) is 3.45. The Morgan fingerprint density at radius 3 is 2.52 bits per heavy atom. The molecule has 0 aliphatic carbocycles. The van der Waals surface area contributed by atoms with Gasteiger partial charge in [0.25, 0.3) is 0 Å². The molecular formula is C35H43F2N7O2. The highest BCUT2D eigenvalue weighted by Gasteiger charge is 2.30. The van der Waals surface area contributed by atoms with Crippen molar-refractivity contribution in [3.05, 3.63) is 47.5 Å². The lowest BCUT2D eigenvalue weighted by molar-refractivity contribution is -0.114. The van der Waals surface area contributed by atoms with E-state index in [4.69, 9.17) is 14.7 Å². The number of benzene rings is 2. The molecule has 2 aliphatic heterocycles. The van der Waals surface area contributed by atoms with Crippen molar-refractivity contribution < 1.29 is 18.3 Å². The number of carbonyl (C=O) groups is 1. The largest absolute Gasteiger partial charge is 0.462 e. The first-order valence-corrected chi connectivity index (χ1v) is 16.3. The zero-order valence-corrected chi connectivity index (χ0v) is 27.4. The van der Waals surface area contributed by atoms with E-state index in [9.17, 15) is 4.79 Å². The molecule has 2 aliphatic rings. The molecule has 4 heterocycles. The predicted octanol–water partition coefficient (Wildman–Crippen LogP) is 6.04. The second-order valence-corrected chi connectivity index (χ2v) is 12.8. The molecule has 2 saturated heterocycles. The van der Waals surface area contributed by atoms with Gasteiger partial charge in [-0.25, -0.2) is 13.8 Å². The van der Waals surface area contributed by atoms with Crippen LogP contribution in [0.5, 0.6) is 6.01 Å². The summed E-state index contributed by atoms with van der Waals surface area (Å²) in [7, 11) is 4.18. The van der Waals surface area contributed by atoms with Gasteiger partial charge in [-0.1, -0.05) is 37.6 Å². The van der Waals surface area contributed by atoms with Crippen LogP contribution < -0.4 is 15.0 Å². The molecule has 0 bridgehead atoms. The fourth-order valence-electron chi connectivity index (χ4n) is 6.83. The lowest BCUT2D eigenvalue weighted by atomic mass is 9.93. The number of aryl methyl sites for hydroxylation is 1. The molecule has 46 heavy (non-hydrogen) atoms. The zero-order valence-electron chi connectivity index (χ0n) is 27.4. The number of carbonyl (C=O) groups excluding carboxylic acids is 1. The monoisotopic (exact) mass is 631 g/mol. The number of unbranched alkanes of at least 4 members (excludes halogenated alkanes) is 1. The Morgan fingerprint density at radius 2 is 1.83 bits per heavy atom. The number of rotatable bonds is 9. The standard InChI is InChI=1S/C35H43F2N7O2/c1-6-7-11-23-18-27-32(30(37)28(23)31-26-14-9-8-13-25(26)29(36)33(39-31)38-22(3)45)40-35(46-20-24-12-10-15-43(24)5)41-34(27)44-17-16-42(4)19-21(44)2/h8-9,13-14,18,21,24H,6-7,10-12,15-17,19-20H2,1-5H3,(H,38,39,45)/t21-,24-/m0/s1. The number of piperazine rings is 1. The SMILES string of the molecule is CCCCc1cc2c(N3CCN(C)C[C@@H]3C)nc(OC[C@@H]3CCCN3C)nc2c(F)c1-c1nc(NC(C)=O)c(F)c2ccccc12. The molecule has 2 atom stereocenters. The van der Waals surface area contributed by atoms with Crippen LogP contribution in [-0.2, 0) is 11.2 Å². The van der Waals surface area contributed by atoms with Crippen LogP contribution in [0, 0.1) is 11.6 Å². The predicted molar refractivity (Wildman–Crippen MR) is 179 cm³/mol. The van der Waals surface area contributed by atoms with E-state index >= 15 is 8.78 Å². The van der Waals surface area contributed by atoms with E-state index in [0.717, 1.165) is 57.4 Å². The number of likely N-dealkylation sites (N-methyl/N-ethyl adjacent to an activating group) is 2. The highest BCUT2D eigenvalue weighted by molar-refractivity contribution is 6.02. The van der Waals surface area contributed by atoms with E-state index in [1.165, 1.54) is 6.92 Å². The highest BCUT2D eigenvalue weighted by Crippen LogP contribution is 2.41. The van der Waals surface area contributed by atoms with Crippen molar-refractivity contribution in [3.8, 4) is 17.3 Å². The third-order valence-electron chi connectivity index (χ3n) is 9.33. The highest BCUT2D eigenvalue weighted by atomic mass is 19.1. The quantitative estimate of drug-likeness (QED) is 0.240. The van der Waals surface area contributed by atoms with Gasteiger partial charge >= 0.3 is 6.01 Å². The Bertz CT molecular complexity index is 1770. The Morgan fingerprint density at radius 1 is 1.04 bits per heavy atom. The van der Waals surface area contributed by atoms with Gasteiger partial charge in [0, 0.05) is 60.4 Å². The lowest BCUT2D eigenvalue weighted by Gasteiger charge is -2.39. The molecule has 0 unspecified atom stereocenters. The number of nitrogens with one attached hydrogen (secondary N) is 1. The fourth-order valence-corrected chi connectivity index (χ4v) is 6.83. The van der Waals surface area contributed by atoms with Crippen LogP contribution in [0.4, 0.5) is 20.4 Å². The maximum absolute atomic E-state index is 17.4. The number of hydrogen-bond donors (Lipinski definition) is 1. The Balaban J connectivity index is 1.59. The third kappa shape index (κ3) is 6.22. The molecule has 6 rings (SSSR count). The summed E-state index contributed by atoms with van der Waals surface area (Å²) in [5, 5.41) is 3.82. The van der Waals surface area contributed by atoms with Crippen LogP contribution >= 0.6 is 0 Å². The van der Waals surface area contributed by atoms with E-state index in [-0.39, 0.29) is 46.1 Å². The van der Waals surface area contributed by atoms with Crippen molar-refractivity contribution in [2.24, 2.45) is 0 Å². The summed E-state index contributed by atoms with van der Waals surface area (Å²) in [6.45, 7) is 9.37. The van der Waals surface area contributed by atoms with Gasteiger partial charge in [0.05, 0.1) is 5.69 Å². The van der Waals surface area contributed by atoms with Crippen molar-refractivity contribution in [3.63, 3.8) is 0 Å². The number of ether oxygens (including phenoxy) is 1. The molecule has 1 amide bonds. The van der Waals surface area contributed by atoms with Crippen LogP contribution in [0.15, 0.2) is 30.3 Å². The number of hydrogen-bond acceptors (Lipinski definition) is 8. The summed E-state index contributed by atoms with van der Waals surface area (Å²) in [5.41, 5.74) is 1.38. The van der Waals surface area contributed by atoms with Gasteiger partial charge in [-0.05, 0) is 64.9 Å². The van der Waals surface area contributed by atoms with Gasteiger partial charge in [-0.15, -0.1) is 0 Å². The third-order valence-corrected chi connectivity index (χ3v) is 9.33. The minimum absolute atomic E-state index is 0.135. The fraction of sp³-hybridized carbons (Fsp3) is 0.486. The van der Waals surface area contributed by atoms with Crippen LogP contribution in [0.1, 0.15) is 52.0 Å². The van der Waals surface area contributed by atoms with E-state index in [0.29, 0.717) is 29.6 Å². The molecule has 0 saturated carbocycles. The number of pyridine rings is 1. The molecule has 1 N–H and O–H groups in total.